The van der Waals surface area contributed by atoms with Crippen molar-refractivity contribution in [3.05, 3.63) is 33.9 Å². The first-order valence-electron chi connectivity index (χ1n) is 5.49. The Bertz CT molecular complexity index is 508. The molecule has 1 unspecified atom stereocenters. The fourth-order valence-electron chi connectivity index (χ4n) is 1.40. The third-order valence-electron chi connectivity index (χ3n) is 2.47. The van der Waals surface area contributed by atoms with Crippen LogP contribution in [-0.2, 0) is 4.79 Å². The van der Waals surface area contributed by atoms with Gasteiger partial charge in [-0.3, -0.25) is 14.9 Å². The highest BCUT2D eigenvalue weighted by Gasteiger charge is 2.23. The van der Waals surface area contributed by atoms with Crippen molar-refractivity contribution in [1.82, 2.24) is 0 Å². The van der Waals surface area contributed by atoms with Crippen molar-refractivity contribution in [1.29, 1.82) is 0 Å². The van der Waals surface area contributed by atoms with E-state index in [0.717, 1.165) is 6.07 Å². The molecule has 0 aliphatic carbocycles. The van der Waals surface area contributed by atoms with E-state index in [-0.39, 0.29) is 18.9 Å². The molecule has 1 aromatic rings. The van der Waals surface area contributed by atoms with E-state index in [9.17, 15) is 23.7 Å². The summed E-state index contributed by atoms with van der Waals surface area (Å²) in [5.41, 5.74) is 3.86. The van der Waals surface area contributed by atoms with Crippen LogP contribution in [0.1, 0.15) is 13.3 Å². The molecule has 1 rings (SSSR count). The zero-order chi connectivity index (χ0) is 14.6. The molecular formula is C11H13F2N3O3. The summed E-state index contributed by atoms with van der Waals surface area (Å²) >= 11 is 0. The second kappa shape index (κ2) is 6.19. The van der Waals surface area contributed by atoms with Crippen molar-refractivity contribution in [2.45, 2.75) is 13.3 Å². The number of benzene rings is 1. The Hall–Kier alpha value is -2.09. The predicted molar refractivity (Wildman–Crippen MR) is 64.5 cm³/mol. The number of nitro groups is 1. The summed E-state index contributed by atoms with van der Waals surface area (Å²) in [6, 6.07) is 1.42. The number of anilines is 1. The van der Waals surface area contributed by atoms with Crippen molar-refractivity contribution in [3.63, 3.8) is 0 Å². The minimum absolute atomic E-state index is 0.0381. The van der Waals surface area contributed by atoms with Gasteiger partial charge in [-0.2, -0.15) is 0 Å². The molecule has 1 atom stereocenters. The monoisotopic (exact) mass is 273 g/mol. The van der Waals surface area contributed by atoms with Crippen LogP contribution in [0.3, 0.4) is 0 Å². The van der Waals surface area contributed by atoms with Crippen LogP contribution in [0.5, 0.6) is 0 Å². The van der Waals surface area contributed by atoms with Crippen molar-refractivity contribution in [2.75, 3.05) is 11.9 Å². The highest BCUT2D eigenvalue weighted by molar-refractivity contribution is 5.93. The van der Waals surface area contributed by atoms with Gasteiger partial charge in [0, 0.05) is 12.5 Å². The number of nitrogens with two attached hydrogens (primary N) is 1. The Balaban J connectivity index is 3.02. The summed E-state index contributed by atoms with van der Waals surface area (Å²) in [5, 5.41) is 12.7. The number of carbonyl (C=O) groups is 1. The van der Waals surface area contributed by atoms with E-state index >= 15 is 0 Å². The van der Waals surface area contributed by atoms with E-state index < -0.39 is 33.8 Å². The fourth-order valence-corrected chi connectivity index (χ4v) is 1.40. The van der Waals surface area contributed by atoms with Crippen LogP contribution in [0, 0.1) is 27.7 Å². The summed E-state index contributed by atoms with van der Waals surface area (Å²) in [7, 11) is 0. The van der Waals surface area contributed by atoms with Gasteiger partial charge in [0.1, 0.15) is 0 Å². The van der Waals surface area contributed by atoms with E-state index in [1.807, 2.05) is 5.32 Å². The summed E-state index contributed by atoms with van der Waals surface area (Å²) in [6.07, 6.45) is -0.0381. The fraction of sp³-hybridized carbons (Fsp3) is 0.364. The van der Waals surface area contributed by atoms with Crippen LogP contribution >= 0.6 is 0 Å². The van der Waals surface area contributed by atoms with Crippen molar-refractivity contribution < 1.29 is 18.5 Å². The lowest BCUT2D eigenvalue weighted by atomic mass is 10.1. The minimum atomic E-state index is -1.46. The number of nitrogens with zero attached hydrogens (tertiary/aromatic N) is 1. The van der Waals surface area contributed by atoms with Crippen LogP contribution in [0.2, 0.25) is 0 Å². The molecule has 3 N–H and O–H groups in total. The highest BCUT2D eigenvalue weighted by atomic mass is 19.2. The Morgan fingerprint density at radius 3 is 2.68 bits per heavy atom. The SMILES string of the molecule is CC(CN)CC(=O)Nc1c([N+](=O)[O-])ccc(F)c1F. The molecule has 19 heavy (non-hydrogen) atoms. The molecule has 1 aromatic carbocycles. The van der Waals surface area contributed by atoms with E-state index in [1.54, 1.807) is 6.92 Å². The van der Waals surface area contributed by atoms with Gasteiger partial charge < -0.3 is 11.1 Å². The van der Waals surface area contributed by atoms with Crippen LogP contribution in [0.4, 0.5) is 20.2 Å². The number of hydrogen-bond donors (Lipinski definition) is 2. The maximum atomic E-state index is 13.5. The molecule has 6 nitrogen and oxygen atoms in total. The zero-order valence-corrected chi connectivity index (χ0v) is 10.2. The molecular weight excluding hydrogens is 260 g/mol. The van der Waals surface area contributed by atoms with Crippen LogP contribution < -0.4 is 11.1 Å². The van der Waals surface area contributed by atoms with Gasteiger partial charge in [0.15, 0.2) is 17.3 Å². The van der Waals surface area contributed by atoms with E-state index in [2.05, 4.69) is 0 Å². The van der Waals surface area contributed by atoms with E-state index in [0.29, 0.717) is 6.07 Å². The minimum Gasteiger partial charge on any atom is -0.330 e. The van der Waals surface area contributed by atoms with Gasteiger partial charge in [0.05, 0.1) is 4.92 Å². The third kappa shape index (κ3) is 3.68. The predicted octanol–water partition coefficient (Wildman–Crippen LogP) is 1.80. The number of nitro benzene ring substituents is 1. The molecule has 8 heteroatoms. The van der Waals surface area contributed by atoms with Crippen molar-refractivity contribution >= 4 is 17.3 Å². The summed E-state index contributed by atoms with van der Waals surface area (Å²) < 4.78 is 26.5. The summed E-state index contributed by atoms with van der Waals surface area (Å²) in [5.74, 6) is -3.56. The second-order valence-electron chi connectivity index (χ2n) is 4.11. The average molecular weight is 273 g/mol. The van der Waals surface area contributed by atoms with E-state index in [1.165, 1.54) is 0 Å². The molecule has 0 heterocycles. The zero-order valence-electron chi connectivity index (χ0n) is 10.2. The lowest BCUT2D eigenvalue weighted by molar-refractivity contribution is -0.384. The molecule has 0 saturated carbocycles. The molecule has 0 aliphatic rings. The maximum absolute atomic E-state index is 13.5. The molecule has 1 amide bonds. The Morgan fingerprint density at radius 2 is 2.16 bits per heavy atom. The van der Waals surface area contributed by atoms with Gasteiger partial charge in [-0.05, 0) is 18.5 Å². The number of rotatable bonds is 5. The van der Waals surface area contributed by atoms with E-state index in [4.69, 9.17) is 5.73 Å². The molecule has 0 fully saturated rings. The van der Waals surface area contributed by atoms with Crippen molar-refractivity contribution in [2.24, 2.45) is 11.7 Å². The van der Waals surface area contributed by atoms with Gasteiger partial charge in [0.2, 0.25) is 5.91 Å². The lowest BCUT2D eigenvalue weighted by Crippen LogP contribution is -2.21. The van der Waals surface area contributed by atoms with Crippen LogP contribution in [0.15, 0.2) is 12.1 Å². The summed E-state index contributed by atoms with van der Waals surface area (Å²) in [6.45, 7) is 1.93. The topological polar surface area (TPSA) is 98.3 Å². The number of nitrogens with one attached hydrogen (secondary N) is 1. The first-order valence-corrected chi connectivity index (χ1v) is 5.49. The van der Waals surface area contributed by atoms with Gasteiger partial charge in [-0.25, -0.2) is 8.78 Å². The lowest BCUT2D eigenvalue weighted by Gasteiger charge is -2.10. The smallest absolute Gasteiger partial charge is 0.296 e. The van der Waals surface area contributed by atoms with Gasteiger partial charge in [-0.1, -0.05) is 6.92 Å². The molecule has 0 aliphatic heterocycles. The Labute approximate surface area is 107 Å². The Kier molecular flexibility index (Phi) is 4.87. The maximum Gasteiger partial charge on any atom is 0.296 e. The molecule has 0 spiro atoms. The standard InChI is InChI=1S/C11H13F2N3O3/c1-6(5-14)4-9(17)15-11-8(16(18)19)3-2-7(12)10(11)13/h2-3,6H,4-5,14H2,1H3,(H,15,17). The molecule has 0 radical (unpaired) electrons. The number of hydrogen-bond acceptors (Lipinski definition) is 4. The second-order valence-corrected chi connectivity index (χ2v) is 4.11. The first-order chi connectivity index (χ1) is 8.86. The number of amides is 1. The highest BCUT2D eigenvalue weighted by Crippen LogP contribution is 2.29. The molecule has 104 valence electrons. The summed E-state index contributed by atoms with van der Waals surface area (Å²) in [4.78, 5) is 21.3. The Morgan fingerprint density at radius 1 is 1.53 bits per heavy atom. The van der Waals surface area contributed by atoms with Gasteiger partial charge >= 0.3 is 0 Å². The quantitative estimate of drug-likeness (QED) is 0.631. The first kappa shape index (κ1) is 15.0. The molecule has 0 bridgehead atoms. The van der Waals surface area contributed by atoms with Gasteiger partial charge in [-0.15, -0.1) is 0 Å². The van der Waals surface area contributed by atoms with Crippen LogP contribution in [0.25, 0.3) is 0 Å². The number of carbonyl (C=O) groups excluding carboxylic acids is 1. The average Bonchev–Trinajstić information content (AvgIpc) is 2.34. The normalized spacial score (nSPS) is 12.0. The van der Waals surface area contributed by atoms with Crippen LogP contribution in [-0.4, -0.2) is 17.4 Å². The number of halogens is 2. The third-order valence-corrected chi connectivity index (χ3v) is 2.47. The van der Waals surface area contributed by atoms with Gasteiger partial charge in [0.25, 0.3) is 5.69 Å². The molecule has 0 saturated heterocycles. The van der Waals surface area contributed by atoms with Crippen molar-refractivity contribution in [3.8, 4) is 0 Å². The molecule has 0 aromatic heterocycles. The largest absolute Gasteiger partial charge is 0.330 e.